The van der Waals surface area contributed by atoms with Gasteiger partial charge in [-0.25, -0.2) is 9.97 Å². The number of carbonyl (C=O) groups excluding carboxylic acids is 1. The monoisotopic (exact) mass is 267 g/mol. The van der Waals surface area contributed by atoms with Crippen LogP contribution in [0.15, 0.2) is 6.33 Å². The minimum Gasteiger partial charge on any atom is -0.353 e. The zero-order chi connectivity index (χ0) is 13.0. The molecule has 0 saturated heterocycles. The van der Waals surface area contributed by atoms with E-state index < -0.39 is 0 Å². The van der Waals surface area contributed by atoms with Crippen molar-refractivity contribution in [2.75, 3.05) is 11.4 Å². The Morgan fingerprint density at radius 3 is 2.72 bits per heavy atom. The van der Waals surface area contributed by atoms with Crippen molar-refractivity contribution in [2.45, 2.75) is 45.1 Å². The highest BCUT2D eigenvalue weighted by Crippen LogP contribution is 2.29. The van der Waals surface area contributed by atoms with Crippen molar-refractivity contribution in [3.8, 4) is 0 Å². The Balaban J connectivity index is 2.31. The standard InChI is InChI=1S/C13H18ClN3O/c1-2-17(10-6-4-3-5-7-10)13-11(8-18)12(14)15-9-16-13/h8-10H,2-7H2,1H3. The van der Waals surface area contributed by atoms with Crippen molar-refractivity contribution < 1.29 is 4.79 Å². The zero-order valence-electron chi connectivity index (χ0n) is 10.6. The van der Waals surface area contributed by atoms with Crippen LogP contribution >= 0.6 is 11.6 Å². The first-order valence-electron chi connectivity index (χ1n) is 6.50. The van der Waals surface area contributed by atoms with Crippen LogP contribution in [0.1, 0.15) is 49.4 Å². The number of hydrogen-bond donors (Lipinski definition) is 0. The lowest BCUT2D eigenvalue weighted by atomic mass is 9.94. The first kappa shape index (κ1) is 13.3. The third kappa shape index (κ3) is 2.64. The van der Waals surface area contributed by atoms with Gasteiger partial charge in [-0.15, -0.1) is 0 Å². The summed E-state index contributed by atoms with van der Waals surface area (Å²) in [5.74, 6) is 0.680. The van der Waals surface area contributed by atoms with Crippen LogP contribution in [-0.4, -0.2) is 28.8 Å². The molecule has 1 heterocycles. The molecule has 0 bridgehead atoms. The lowest BCUT2D eigenvalue weighted by Crippen LogP contribution is -2.38. The minimum atomic E-state index is 0.240. The van der Waals surface area contributed by atoms with E-state index in [-0.39, 0.29) is 5.15 Å². The second kappa shape index (κ2) is 6.14. The fraction of sp³-hybridized carbons (Fsp3) is 0.615. The summed E-state index contributed by atoms with van der Waals surface area (Å²) < 4.78 is 0. The van der Waals surface area contributed by atoms with Crippen molar-refractivity contribution in [1.29, 1.82) is 0 Å². The van der Waals surface area contributed by atoms with Gasteiger partial charge in [0, 0.05) is 12.6 Å². The molecule has 1 aromatic rings. The van der Waals surface area contributed by atoms with E-state index in [4.69, 9.17) is 11.6 Å². The van der Waals surface area contributed by atoms with Gasteiger partial charge in [0.25, 0.3) is 0 Å². The Bertz CT molecular complexity index is 419. The number of anilines is 1. The smallest absolute Gasteiger partial charge is 0.156 e. The molecule has 98 valence electrons. The molecule has 1 fully saturated rings. The Kier molecular flexibility index (Phi) is 4.53. The molecule has 0 unspecified atom stereocenters. The molecule has 0 spiro atoms. The highest BCUT2D eigenvalue weighted by atomic mass is 35.5. The summed E-state index contributed by atoms with van der Waals surface area (Å²) in [6.45, 7) is 2.91. The van der Waals surface area contributed by atoms with Crippen molar-refractivity contribution in [3.63, 3.8) is 0 Å². The summed E-state index contributed by atoms with van der Waals surface area (Å²) in [7, 11) is 0. The van der Waals surface area contributed by atoms with Crippen LogP contribution in [0.2, 0.25) is 5.15 Å². The van der Waals surface area contributed by atoms with Crippen LogP contribution in [0.5, 0.6) is 0 Å². The normalized spacial score (nSPS) is 16.6. The topological polar surface area (TPSA) is 46.1 Å². The van der Waals surface area contributed by atoms with Gasteiger partial charge in [-0.1, -0.05) is 30.9 Å². The zero-order valence-corrected chi connectivity index (χ0v) is 11.4. The summed E-state index contributed by atoms with van der Waals surface area (Å²) in [5.41, 5.74) is 0.409. The van der Waals surface area contributed by atoms with Crippen molar-refractivity contribution in [3.05, 3.63) is 17.0 Å². The Hall–Kier alpha value is -1.16. The van der Waals surface area contributed by atoms with E-state index in [2.05, 4.69) is 21.8 Å². The molecule has 2 rings (SSSR count). The second-order valence-corrected chi connectivity index (χ2v) is 4.96. The minimum absolute atomic E-state index is 0.240. The van der Waals surface area contributed by atoms with Gasteiger partial charge in [-0.05, 0) is 19.8 Å². The first-order valence-corrected chi connectivity index (χ1v) is 6.88. The van der Waals surface area contributed by atoms with Crippen molar-refractivity contribution in [1.82, 2.24) is 9.97 Å². The van der Waals surface area contributed by atoms with Gasteiger partial charge < -0.3 is 4.90 Å². The maximum atomic E-state index is 11.2. The number of aldehydes is 1. The lowest BCUT2D eigenvalue weighted by Gasteiger charge is -2.35. The molecule has 0 radical (unpaired) electrons. The van der Waals surface area contributed by atoms with E-state index in [1.165, 1.54) is 25.6 Å². The summed E-state index contributed by atoms with van der Waals surface area (Å²) in [6.07, 6.45) is 8.30. The average Bonchev–Trinajstić information content (AvgIpc) is 2.41. The predicted octanol–water partition coefficient (Wildman–Crippen LogP) is 3.10. The van der Waals surface area contributed by atoms with Crippen LogP contribution in [0.4, 0.5) is 5.82 Å². The van der Waals surface area contributed by atoms with Gasteiger partial charge in [-0.3, -0.25) is 4.79 Å². The van der Waals surface area contributed by atoms with E-state index >= 15 is 0 Å². The molecule has 5 heteroatoms. The van der Waals surface area contributed by atoms with Gasteiger partial charge in [0.1, 0.15) is 17.3 Å². The largest absolute Gasteiger partial charge is 0.353 e. The molecule has 0 aliphatic heterocycles. The summed E-state index contributed by atoms with van der Waals surface area (Å²) in [6, 6.07) is 0.466. The molecule has 0 atom stereocenters. The van der Waals surface area contributed by atoms with Crippen LogP contribution in [-0.2, 0) is 0 Å². The molecular formula is C13H18ClN3O. The highest BCUT2D eigenvalue weighted by Gasteiger charge is 2.24. The number of carbonyl (C=O) groups is 1. The molecule has 1 aliphatic rings. The maximum Gasteiger partial charge on any atom is 0.156 e. The average molecular weight is 268 g/mol. The van der Waals surface area contributed by atoms with E-state index in [0.29, 0.717) is 17.4 Å². The van der Waals surface area contributed by atoms with Crippen LogP contribution < -0.4 is 4.90 Å². The molecule has 1 aliphatic carbocycles. The van der Waals surface area contributed by atoms with Crippen LogP contribution in [0.3, 0.4) is 0 Å². The van der Waals surface area contributed by atoms with Gasteiger partial charge in [-0.2, -0.15) is 0 Å². The number of hydrogen-bond acceptors (Lipinski definition) is 4. The van der Waals surface area contributed by atoms with Gasteiger partial charge in [0.15, 0.2) is 6.29 Å². The Labute approximate surface area is 112 Å². The SMILES string of the molecule is CCN(c1ncnc(Cl)c1C=O)C1CCCCC1. The number of halogens is 1. The van der Waals surface area contributed by atoms with Crippen LogP contribution in [0.25, 0.3) is 0 Å². The van der Waals surface area contributed by atoms with Gasteiger partial charge in [0.05, 0.1) is 5.56 Å². The molecule has 1 aromatic heterocycles. The number of rotatable bonds is 4. The lowest BCUT2D eigenvalue weighted by molar-refractivity contribution is 0.112. The van der Waals surface area contributed by atoms with E-state index in [0.717, 1.165) is 25.7 Å². The van der Waals surface area contributed by atoms with E-state index in [9.17, 15) is 4.79 Å². The van der Waals surface area contributed by atoms with E-state index in [1.54, 1.807) is 0 Å². The summed E-state index contributed by atoms with van der Waals surface area (Å²) in [5, 5.41) is 0.240. The Morgan fingerprint density at radius 1 is 1.39 bits per heavy atom. The number of aromatic nitrogens is 2. The Morgan fingerprint density at radius 2 is 2.11 bits per heavy atom. The predicted molar refractivity (Wildman–Crippen MR) is 72.3 cm³/mol. The fourth-order valence-corrected chi connectivity index (χ4v) is 2.84. The second-order valence-electron chi connectivity index (χ2n) is 4.60. The molecule has 0 N–H and O–H groups in total. The van der Waals surface area contributed by atoms with Crippen LogP contribution in [0, 0.1) is 0 Å². The summed E-state index contributed by atoms with van der Waals surface area (Å²) in [4.78, 5) is 21.5. The molecule has 0 amide bonds. The first-order chi connectivity index (χ1) is 8.77. The molecule has 0 aromatic carbocycles. The molecule has 1 saturated carbocycles. The summed E-state index contributed by atoms with van der Waals surface area (Å²) >= 11 is 5.96. The van der Waals surface area contributed by atoms with Gasteiger partial charge >= 0.3 is 0 Å². The van der Waals surface area contributed by atoms with Crippen molar-refractivity contribution >= 4 is 23.7 Å². The molecule has 18 heavy (non-hydrogen) atoms. The highest BCUT2D eigenvalue weighted by molar-refractivity contribution is 6.32. The molecule has 4 nitrogen and oxygen atoms in total. The van der Waals surface area contributed by atoms with E-state index in [1.807, 2.05) is 0 Å². The van der Waals surface area contributed by atoms with Gasteiger partial charge in [0.2, 0.25) is 0 Å². The fourth-order valence-electron chi connectivity index (χ4n) is 2.67. The number of nitrogens with zero attached hydrogens (tertiary/aromatic N) is 3. The van der Waals surface area contributed by atoms with Crippen molar-refractivity contribution in [2.24, 2.45) is 0 Å². The third-order valence-electron chi connectivity index (χ3n) is 3.56. The third-order valence-corrected chi connectivity index (χ3v) is 3.86. The molecular weight excluding hydrogens is 250 g/mol. The quantitative estimate of drug-likeness (QED) is 0.621. The maximum absolute atomic E-state index is 11.2.